The highest BCUT2D eigenvalue weighted by Gasteiger charge is 2.30. The monoisotopic (exact) mass is 274 g/mol. The van der Waals surface area contributed by atoms with E-state index in [9.17, 15) is 9.18 Å². The number of imidazole rings is 1. The summed E-state index contributed by atoms with van der Waals surface area (Å²) in [5, 5.41) is 0. The molecule has 0 bridgehead atoms. The SMILES string of the molecule is COC(=O)C1CCCn2cc(-c3cccc(F)c3)nc21. The third-order valence-electron chi connectivity index (χ3n) is 3.62. The fourth-order valence-corrected chi connectivity index (χ4v) is 2.63. The van der Waals surface area contributed by atoms with Gasteiger partial charge < -0.3 is 9.30 Å². The zero-order valence-corrected chi connectivity index (χ0v) is 11.2. The standard InChI is InChI=1S/C15H15FN2O2/c1-20-15(19)12-6-3-7-18-9-13(17-14(12)18)10-4-2-5-11(16)8-10/h2,4-5,8-9,12H,3,6-7H2,1H3. The van der Waals surface area contributed by atoms with Crippen LogP contribution < -0.4 is 0 Å². The Morgan fingerprint density at radius 2 is 2.35 bits per heavy atom. The van der Waals surface area contributed by atoms with Crippen LogP contribution in [0.5, 0.6) is 0 Å². The molecule has 0 aliphatic carbocycles. The molecule has 1 aliphatic rings. The van der Waals surface area contributed by atoms with Gasteiger partial charge in [-0.1, -0.05) is 12.1 Å². The van der Waals surface area contributed by atoms with Gasteiger partial charge in [0.2, 0.25) is 0 Å². The van der Waals surface area contributed by atoms with E-state index in [-0.39, 0.29) is 17.7 Å². The van der Waals surface area contributed by atoms with Crippen LogP contribution in [-0.4, -0.2) is 22.6 Å². The molecule has 2 aromatic rings. The summed E-state index contributed by atoms with van der Waals surface area (Å²) in [6.45, 7) is 0.825. The lowest BCUT2D eigenvalue weighted by atomic mass is 9.99. The number of carbonyl (C=O) groups excluding carboxylic acids is 1. The van der Waals surface area contributed by atoms with E-state index in [0.29, 0.717) is 11.5 Å². The van der Waals surface area contributed by atoms with Gasteiger partial charge in [-0.25, -0.2) is 9.37 Å². The predicted molar refractivity (Wildman–Crippen MR) is 71.6 cm³/mol. The molecule has 0 amide bonds. The Bertz CT molecular complexity index is 651. The largest absolute Gasteiger partial charge is 0.468 e. The average molecular weight is 274 g/mol. The number of halogens is 1. The van der Waals surface area contributed by atoms with Gasteiger partial charge in [-0.2, -0.15) is 0 Å². The van der Waals surface area contributed by atoms with Crippen molar-refractivity contribution in [3.05, 3.63) is 42.1 Å². The summed E-state index contributed by atoms with van der Waals surface area (Å²) in [5.74, 6) is -0.168. The second-order valence-electron chi connectivity index (χ2n) is 4.91. The first-order valence-electron chi connectivity index (χ1n) is 6.60. The Balaban J connectivity index is 2.01. The average Bonchev–Trinajstić information content (AvgIpc) is 2.90. The first-order valence-corrected chi connectivity index (χ1v) is 6.60. The number of hydrogen-bond donors (Lipinski definition) is 0. The Labute approximate surface area is 116 Å². The van der Waals surface area contributed by atoms with E-state index in [1.807, 2.05) is 16.8 Å². The van der Waals surface area contributed by atoms with Gasteiger partial charge in [0.25, 0.3) is 0 Å². The first kappa shape index (κ1) is 12.8. The lowest BCUT2D eigenvalue weighted by Gasteiger charge is -2.20. The van der Waals surface area contributed by atoms with Crippen LogP contribution in [0.1, 0.15) is 24.6 Å². The van der Waals surface area contributed by atoms with Crippen LogP contribution >= 0.6 is 0 Å². The molecule has 1 aliphatic heterocycles. The van der Waals surface area contributed by atoms with E-state index in [4.69, 9.17) is 4.74 Å². The molecular formula is C15H15FN2O2. The lowest BCUT2D eigenvalue weighted by molar-refractivity contribution is -0.143. The van der Waals surface area contributed by atoms with E-state index in [2.05, 4.69) is 4.98 Å². The van der Waals surface area contributed by atoms with Gasteiger partial charge in [-0.3, -0.25) is 4.79 Å². The van der Waals surface area contributed by atoms with Crippen molar-refractivity contribution in [2.75, 3.05) is 7.11 Å². The summed E-state index contributed by atoms with van der Waals surface area (Å²) in [5.41, 5.74) is 1.41. The summed E-state index contributed by atoms with van der Waals surface area (Å²) in [4.78, 5) is 16.3. The lowest BCUT2D eigenvalue weighted by Crippen LogP contribution is -2.23. The third-order valence-corrected chi connectivity index (χ3v) is 3.62. The molecule has 3 rings (SSSR count). The maximum atomic E-state index is 13.3. The molecule has 104 valence electrons. The van der Waals surface area contributed by atoms with E-state index >= 15 is 0 Å². The molecule has 0 saturated heterocycles. The topological polar surface area (TPSA) is 44.1 Å². The molecule has 1 aromatic carbocycles. The smallest absolute Gasteiger partial charge is 0.316 e. The predicted octanol–water partition coefficient (Wildman–Crippen LogP) is 2.74. The quantitative estimate of drug-likeness (QED) is 0.791. The molecule has 20 heavy (non-hydrogen) atoms. The molecule has 0 saturated carbocycles. The molecule has 5 heteroatoms. The van der Waals surface area contributed by atoms with Gasteiger partial charge in [0, 0.05) is 18.3 Å². The van der Waals surface area contributed by atoms with Crippen molar-refractivity contribution in [2.24, 2.45) is 0 Å². The van der Waals surface area contributed by atoms with Crippen molar-refractivity contribution in [1.29, 1.82) is 0 Å². The van der Waals surface area contributed by atoms with E-state index in [0.717, 1.165) is 24.9 Å². The highest BCUT2D eigenvalue weighted by molar-refractivity contribution is 5.77. The molecular weight excluding hydrogens is 259 g/mol. The molecule has 0 fully saturated rings. The normalized spacial score (nSPS) is 17.6. The highest BCUT2D eigenvalue weighted by atomic mass is 19.1. The fourth-order valence-electron chi connectivity index (χ4n) is 2.63. The van der Waals surface area contributed by atoms with E-state index in [1.54, 1.807) is 6.07 Å². The maximum absolute atomic E-state index is 13.3. The second-order valence-corrected chi connectivity index (χ2v) is 4.91. The number of fused-ring (bicyclic) bond motifs is 1. The minimum Gasteiger partial charge on any atom is -0.468 e. The van der Waals surface area contributed by atoms with Gasteiger partial charge in [0.05, 0.1) is 12.8 Å². The number of benzene rings is 1. The molecule has 4 nitrogen and oxygen atoms in total. The minimum atomic E-state index is -0.323. The molecule has 0 N–H and O–H groups in total. The molecule has 1 aromatic heterocycles. The number of ether oxygens (including phenoxy) is 1. The Morgan fingerprint density at radius 3 is 3.10 bits per heavy atom. The molecule has 0 radical (unpaired) electrons. The number of aromatic nitrogens is 2. The zero-order valence-electron chi connectivity index (χ0n) is 11.2. The summed E-state index contributed by atoms with van der Waals surface area (Å²) < 4.78 is 20.1. The van der Waals surface area contributed by atoms with E-state index in [1.165, 1.54) is 19.2 Å². The van der Waals surface area contributed by atoms with Gasteiger partial charge in [-0.15, -0.1) is 0 Å². The number of aryl methyl sites for hydroxylation is 1. The van der Waals surface area contributed by atoms with Gasteiger partial charge >= 0.3 is 5.97 Å². The van der Waals surface area contributed by atoms with Gasteiger partial charge in [0.15, 0.2) is 0 Å². The third kappa shape index (κ3) is 2.19. The summed E-state index contributed by atoms with van der Waals surface area (Å²) in [7, 11) is 1.39. The molecule has 0 spiro atoms. The number of carbonyl (C=O) groups is 1. The number of nitrogens with zero attached hydrogens (tertiary/aromatic N) is 2. The van der Waals surface area contributed by atoms with Crippen LogP contribution in [0.3, 0.4) is 0 Å². The van der Waals surface area contributed by atoms with Crippen LogP contribution in [-0.2, 0) is 16.1 Å². The van der Waals surface area contributed by atoms with Crippen molar-refractivity contribution < 1.29 is 13.9 Å². The highest BCUT2D eigenvalue weighted by Crippen LogP contribution is 2.30. The minimum absolute atomic E-state index is 0.262. The Morgan fingerprint density at radius 1 is 1.50 bits per heavy atom. The van der Waals surface area contributed by atoms with E-state index < -0.39 is 0 Å². The second kappa shape index (κ2) is 5.07. The van der Waals surface area contributed by atoms with Crippen LogP contribution in [0.25, 0.3) is 11.3 Å². The molecule has 1 atom stereocenters. The van der Waals surface area contributed by atoms with Crippen molar-refractivity contribution in [3.8, 4) is 11.3 Å². The number of rotatable bonds is 2. The maximum Gasteiger partial charge on any atom is 0.316 e. The van der Waals surface area contributed by atoms with Crippen molar-refractivity contribution >= 4 is 5.97 Å². The Kier molecular flexibility index (Phi) is 3.26. The summed E-state index contributed by atoms with van der Waals surface area (Å²) >= 11 is 0. The molecule has 2 heterocycles. The summed E-state index contributed by atoms with van der Waals surface area (Å²) in [6.07, 6.45) is 3.53. The van der Waals surface area contributed by atoms with Crippen molar-refractivity contribution in [3.63, 3.8) is 0 Å². The molecule has 1 unspecified atom stereocenters. The van der Waals surface area contributed by atoms with Crippen molar-refractivity contribution in [2.45, 2.75) is 25.3 Å². The number of methoxy groups -OCH3 is 1. The van der Waals surface area contributed by atoms with Crippen LogP contribution in [0.2, 0.25) is 0 Å². The number of hydrogen-bond acceptors (Lipinski definition) is 3. The van der Waals surface area contributed by atoms with Gasteiger partial charge in [-0.05, 0) is 25.0 Å². The van der Waals surface area contributed by atoms with Crippen LogP contribution in [0.15, 0.2) is 30.5 Å². The number of esters is 1. The van der Waals surface area contributed by atoms with Gasteiger partial charge in [0.1, 0.15) is 17.6 Å². The fraction of sp³-hybridized carbons (Fsp3) is 0.333. The van der Waals surface area contributed by atoms with Crippen molar-refractivity contribution in [1.82, 2.24) is 9.55 Å². The zero-order chi connectivity index (χ0) is 14.1. The Hall–Kier alpha value is -2.17. The first-order chi connectivity index (χ1) is 9.69. The summed E-state index contributed by atoms with van der Waals surface area (Å²) in [6, 6.07) is 6.31. The van der Waals surface area contributed by atoms with Crippen LogP contribution in [0.4, 0.5) is 4.39 Å². The van der Waals surface area contributed by atoms with Crippen LogP contribution in [0, 0.1) is 5.82 Å².